The van der Waals surface area contributed by atoms with E-state index in [4.69, 9.17) is 5.84 Å². The van der Waals surface area contributed by atoms with Gasteiger partial charge in [0.05, 0.1) is 15.4 Å². The van der Waals surface area contributed by atoms with Crippen LogP contribution in [0.15, 0.2) is 36.4 Å². The maximum Gasteiger partial charge on any atom is 0.300 e. The van der Waals surface area contributed by atoms with Crippen molar-refractivity contribution < 1.29 is 14.6 Å². The average Bonchev–Trinajstić information content (AvgIpc) is 2.61. The SMILES string of the molecule is CCc1ccc(Nc2c([N+](=O)[O-])cc(C(=O)NN)cc2[N+](=O)[O-])cc1. The molecule has 2 aromatic carbocycles. The molecule has 0 saturated carbocycles. The van der Waals surface area contributed by atoms with Gasteiger partial charge in [0.25, 0.3) is 5.91 Å². The van der Waals surface area contributed by atoms with E-state index in [1.807, 2.05) is 6.92 Å². The first kappa shape index (κ1) is 17.8. The molecule has 0 aliphatic rings. The highest BCUT2D eigenvalue weighted by Crippen LogP contribution is 2.37. The van der Waals surface area contributed by atoms with Gasteiger partial charge in [-0.1, -0.05) is 19.1 Å². The maximum absolute atomic E-state index is 11.6. The Balaban J connectivity index is 2.58. The average molecular weight is 345 g/mol. The van der Waals surface area contributed by atoms with E-state index in [1.165, 1.54) is 0 Å². The lowest BCUT2D eigenvalue weighted by Gasteiger charge is -2.10. The summed E-state index contributed by atoms with van der Waals surface area (Å²) in [6.45, 7) is 1.97. The smallest absolute Gasteiger partial charge is 0.300 e. The zero-order valence-corrected chi connectivity index (χ0v) is 13.2. The second-order valence-corrected chi connectivity index (χ2v) is 5.05. The summed E-state index contributed by atoms with van der Waals surface area (Å²) < 4.78 is 0. The molecule has 10 heteroatoms. The number of aryl methyl sites for hydroxylation is 1. The first-order valence-corrected chi connectivity index (χ1v) is 7.21. The Morgan fingerprint density at radius 1 is 1.08 bits per heavy atom. The fraction of sp³-hybridized carbons (Fsp3) is 0.133. The molecule has 0 aliphatic carbocycles. The summed E-state index contributed by atoms with van der Waals surface area (Å²) in [6.07, 6.45) is 0.809. The lowest BCUT2D eigenvalue weighted by atomic mass is 10.1. The standard InChI is InChI=1S/C15H15N5O5/c1-2-9-3-5-11(6-4-9)17-14-12(19(22)23)7-10(15(21)18-16)8-13(14)20(24)25/h3-8,17H,2,16H2,1H3,(H,18,21). The third-order valence-corrected chi connectivity index (χ3v) is 3.51. The molecule has 0 spiro atoms. The molecule has 1 amide bonds. The van der Waals surface area contributed by atoms with Crippen LogP contribution in [-0.2, 0) is 6.42 Å². The summed E-state index contributed by atoms with van der Waals surface area (Å²) in [7, 11) is 0. The molecular formula is C15H15N5O5. The number of benzene rings is 2. The molecule has 130 valence electrons. The number of carbonyl (C=O) groups is 1. The fourth-order valence-corrected chi connectivity index (χ4v) is 2.21. The predicted molar refractivity (Wildman–Crippen MR) is 90.5 cm³/mol. The van der Waals surface area contributed by atoms with E-state index in [0.29, 0.717) is 5.69 Å². The number of hydrazine groups is 1. The number of nitrogens with zero attached hydrogens (tertiary/aromatic N) is 2. The molecule has 10 nitrogen and oxygen atoms in total. The lowest BCUT2D eigenvalue weighted by molar-refractivity contribution is -0.392. The van der Waals surface area contributed by atoms with Gasteiger partial charge in [0, 0.05) is 17.8 Å². The monoisotopic (exact) mass is 345 g/mol. The molecule has 0 unspecified atom stereocenters. The first-order chi connectivity index (χ1) is 11.9. The van der Waals surface area contributed by atoms with Crippen LogP contribution in [-0.4, -0.2) is 15.8 Å². The Morgan fingerprint density at radius 3 is 2.00 bits per heavy atom. The number of hydrogen-bond donors (Lipinski definition) is 3. The van der Waals surface area contributed by atoms with Crippen LogP contribution in [0.2, 0.25) is 0 Å². The normalized spacial score (nSPS) is 10.2. The highest BCUT2D eigenvalue weighted by atomic mass is 16.6. The highest BCUT2D eigenvalue weighted by molar-refractivity contribution is 5.97. The van der Waals surface area contributed by atoms with Crippen LogP contribution < -0.4 is 16.6 Å². The first-order valence-electron chi connectivity index (χ1n) is 7.21. The number of hydrogen-bond acceptors (Lipinski definition) is 7. The van der Waals surface area contributed by atoms with E-state index in [2.05, 4.69) is 5.32 Å². The molecule has 0 atom stereocenters. The number of nitro benzene ring substituents is 2. The van der Waals surface area contributed by atoms with Crippen molar-refractivity contribution >= 4 is 28.7 Å². The Bertz CT molecular complexity index is 800. The van der Waals surface area contributed by atoms with Crippen molar-refractivity contribution in [1.29, 1.82) is 0 Å². The Labute approximate surface area is 141 Å². The van der Waals surface area contributed by atoms with Gasteiger partial charge in [-0.25, -0.2) is 5.84 Å². The van der Waals surface area contributed by atoms with Crippen molar-refractivity contribution in [3.05, 3.63) is 67.8 Å². The number of carbonyl (C=O) groups excluding carboxylic acids is 1. The van der Waals surface area contributed by atoms with Gasteiger partial charge in [0.1, 0.15) is 0 Å². The summed E-state index contributed by atoms with van der Waals surface area (Å²) in [5.41, 5.74) is 1.48. The molecule has 25 heavy (non-hydrogen) atoms. The van der Waals surface area contributed by atoms with E-state index in [-0.39, 0.29) is 11.3 Å². The Kier molecular flexibility index (Phi) is 5.25. The number of rotatable bonds is 6. The van der Waals surface area contributed by atoms with Gasteiger partial charge in [-0.05, 0) is 24.1 Å². The van der Waals surface area contributed by atoms with Crippen LogP contribution in [0.25, 0.3) is 0 Å². The van der Waals surface area contributed by atoms with Gasteiger partial charge < -0.3 is 5.32 Å². The van der Waals surface area contributed by atoms with E-state index in [0.717, 1.165) is 24.1 Å². The van der Waals surface area contributed by atoms with Crippen LogP contribution in [0.1, 0.15) is 22.8 Å². The van der Waals surface area contributed by atoms with Crippen LogP contribution in [0.3, 0.4) is 0 Å². The van der Waals surface area contributed by atoms with E-state index < -0.39 is 27.1 Å². The van der Waals surface area contributed by atoms with Crippen molar-refractivity contribution in [2.24, 2.45) is 5.84 Å². The topological polar surface area (TPSA) is 153 Å². The summed E-state index contributed by atoms with van der Waals surface area (Å²) in [6, 6.07) is 8.78. The van der Waals surface area contributed by atoms with Gasteiger partial charge >= 0.3 is 11.4 Å². The minimum Gasteiger partial charge on any atom is -0.344 e. The minimum atomic E-state index is -0.870. The summed E-state index contributed by atoms with van der Waals surface area (Å²) in [5, 5.41) is 25.4. The Hall–Kier alpha value is -3.53. The van der Waals surface area contributed by atoms with Gasteiger partial charge in [-0.2, -0.15) is 0 Å². The lowest BCUT2D eigenvalue weighted by Crippen LogP contribution is -2.30. The van der Waals surface area contributed by atoms with Crippen molar-refractivity contribution in [3.8, 4) is 0 Å². The predicted octanol–water partition coefficient (Wildman–Crippen LogP) is 2.41. The van der Waals surface area contributed by atoms with Crippen LogP contribution in [0, 0.1) is 20.2 Å². The molecule has 0 aliphatic heterocycles. The molecule has 0 heterocycles. The van der Waals surface area contributed by atoms with Gasteiger partial charge in [0.2, 0.25) is 0 Å². The highest BCUT2D eigenvalue weighted by Gasteiger charge is 2.28. The molecule has 0 saturated heterocycles. The van der Waals surface area contributed by atoms with Gasteiger partial charge in [-0.15, -0.1) is 0 Å². The van der Waals surface area contributed by atoms with Crippen LogP contribution in [0.5, 0.6) is 0 Å². The molecule has 0 fully saturated rings. The maximum atomic E-state index is 11.6. The van der Waals surface area contributed by atoms with Gasteiger partial charge in [-0.3, -0.25) is 30.4 Å². The number of amides is 1. The Morgan fingerprint density at radius 2 is 1.60 bits per heavy atom. The molecule has 0 bridgehead atoms. The molecule has 2 aromatic rings. The number of nitrogens with one attached hydrogen (secondary N) is 2. The number of anilines is 2. The van der Waals surface area contributed by atoms with Crippen LogP contribution >= 0.6 is 0 Å². The summed E-state index contributed by atoms with van der Waals surface area (Å²) in [5.74, 6) is 4.12. The molecule has 2 rings (SSSR count). The molecule has 0 radical (unpaired) electrons. The second kappa shape index (κ2) is 7.36. The number of nitrogen functional groups attached to an aromatic ring is 1. The zero-order chi connectivity index (χ0) is 18.6. The molecular weight excluding hydrogens is 330 g/mol. The van der Waals surface area contributed by atoms with Crippen LogP contribution in [0.4, 0.5) is 22.7 Å². The fourth-order valence-electron chi connectivity index (χ4n) is 2.21. The van der Waals surface area contributed by atoms with Crippen molar-refractivity contribution in [2.75, 3.05) is 5.32 Å². The minimum absolute atomic E-state index is 0.284. The zero-order valence-electron chi connectivity index (χ0n) is 13.2. The second-order valence-electron chi connectivity index (χ2n) is 5.05. The largest absolute Gasteiger partial charge is 0.344 e. The third kappa shape index (κ3) is 3.87. The number of nitrogens with two attached hydrogens (primary N) is 1. The quantitative estimate of drug-likeness (QED) is 0.314. The molecule has 0 aromatic heterocycles. The van der Waals surface area contributed by atoms with Crippen molar-refractivity contribution in [1.82, 2.24) is 5.43 Å². The molecule has 4 N–H and O–H groups in total. The van der Waals surface area contributed by atoms with E-state index in [1.54, 1.807) is 29.7 Å². The summed E-state index contributed by atoms with van der Waals surface area (Å²) in [4.78, 5) is 32.7. The summed E-state index contributed by atoms with van der Waals surface area (Å²) >= 11 is 0. The number of nitro groups is 2. The van der Waals surface area contributed by atoms with E-state index >= 15 is 0 Å². The van der Waals surface area contributed by atoms with E-state index in [9.17, 15) is 25.0 Å². The van der Waals surface area contributed by atoms with Crippen molar-refractivity contribution in [3.63, 3.8) is 0 Å². The third-order valence-electron chi connectivity index (χ3n) is 3.51. The van der Waals surface area contributed by atoms with Gasteiger partial charge in [0.15, 0.2) is 5.69 Å². The van der Waals surface area contributed by atoms with Crippen molar-refractivity contribution in [2.45, 2.75) is 13.3 Å².